The van der Waals surface area contributed by atoms with Crippen molar-refractivity contribution < 1.29 is 39.5 Å². The van der Waals surface area contributed by atoms with Gasteiger partial charge in [-0.1, -0.05) is 30.3 Å². The third kappa shape index (κ3) is 6.49. The lowest BCUT2D eigenvalue weighted by Crippen LogP contribution is -2.41. The number of hydrogen-bond acceptors (Lipinski definition) is 4. The second kappa shape index (κ2) is 9.48. The molecule has 1 heterocycles. The van der Waals surface area contributed by atoms with Gasteiger partial charge in [-0.15, -0.1) is 0 Å². The molecular weight excluding hydrogens is 486 g/mol. The summed E-state index contributed by atoms with van der Waals surface area (Å²) in [5.41, 5.74) is -3.25. The van der Waals surface area contributed by atoms with Crippen molar-refractivity contribution in [2.45, 2.75) is 43.4 Å². The average molecular weight is 511 g/mol. The Kier molecular flexibility index (Phi) is 7.38. The summed E-state index contributed by atoms with van der Waals surface area (Å²) >= 11 is 0. The number of sulfonamides is 1. The van der Waals surface area contributed by atoms with Crippen molar-refractivity contribution >= 4 is 10.0 Å². The van der Waals surface area contributed by atoms with Crippen molar-refractivity contribution in [2.75, 3.05) is 19.4 Å². The smallest absolute Gasteiger partial charge is 0.372 e. The van der Waals surface area contributed by atoms with Gasteiger partial charge in [-0.2, -0.15) is 26.3 Å². The van der Waals surface area contributed by atoms with E-state index in [-0.39, 0.29) is 31.2 Å². The number of hydrogen-bond donors (Lipinski definition) is 2. The summed E-state index contributed by atoms with van der Waals surface area (Å²) in [4.78, 5) is 0. The molecule has 0 spiro atoms. The average Bonchev–Trinajstić information content (AvgIpc) is 3.13. The van der Waals surface area contributed by atoms with Gasteiger partial charge in [0.1, 0.15) is 0 Å². The molecule has 1 saturated heterocycles. The van der Waals surface area contributed by atoms with Crippen LogP contribution < -0.4 is 10.0 Å². The number of halogens is 6. The van der Waals surface area contributed by atoms with Crippen LogP contribution >= 0.6 is 0 Å². The Balaban J connectivity index is 1.88. The van der Waals surface area contributed by atoms with Crippen LogP contribution in [0.1, 0.15) is 41.7 Å². The van der Waals surface area contributed by atoms with E-state index in [2.05, 4.69) is 10.0 Å². The first kappa shape index (κ1) is 26.5. The van der Waals surface area contributed by atoms with Crippen LogP contribution in [0.25, 0.3) is 0 Å². The number of rotatable bonds is 7. The second-order valence-electron chi connectivity index (χ2n) is 8.41. The summed E-state index contributed by atoms with van der Waals surface area (Å²) in [6.45, 7) is 1.52. The molecule has 3 rings (SSSR count). The lowest BCUT2D eigenvalue weighted by atomic mass is 9.88. The molecule has 0 aliphatic carbocycles. The quantitative estimate of drug-likeness (QED) is 0.534. The Hall–Kier alpha value is -2.15. The SMILES string of the molecule is CC(OCC1(c2ccccc2)CC(NS(C)(=O)=O)CN1)c1cc(C(F)(F)F)cc(C(F)(F)F)c1. The molecule has 0 bridgehead atoms. The fourth-order valence-electron chi connectivity index (χ4n) is 4.02. The Bertz CT molecular complexity index is 1070. The van der Waals surface area contributed by atoms with Gasteiger partial charge in [0.25, 0.3) is 0 Å². The van der Waals surface area contributed by atoms with E-state index in [1.54, 1.807) is 30.3 Å². The molecule has 34 heavy (non-hydrogen) atoms. The monoisotopic (exact) mass is 510 g/mol. The zero-order valence-electron chi connectivity index (χ0n) is 18.3. The third-order valence-corrected chi connectivity index (χ3v) is 6.41. The maximum Gasteiger partial charge on any atom is 0.416 e. The molecule has 2 aromatic rings. The molecule has 0 radical (unpaired) electrons. The second-order valence-corrected chi connectivity index (χ2v) is 10.2. The van der Waals surface area contributed by atoms with Crippen LogP contribution in [0, 0.1) is 0 Å². The number of ether oxygens (including phenoxy) is 1. The Morgan fingerprint density at radius 2 is 1.62 bits per heavy atom. The summed E-state index contributed by atoms with van der Waals surface area (Å²) in [5.74, 6) is 0. The van der Waals surface area contributed by atoms with Crippen molar-refractivity contribution in [3.8, 4) is 0 Å². The molecule has 2 aromatic carbocycles. The van der Waals surface area contributed by atoms with Crippen LogP contribution in [0.5, 0.6) is 0 Å². The van der Waals surface area contributed by atoms with E-state index in [1.165, 1.54) is 6.92 Å². The zero-order chi connectivity index (χ0) is 25.4. The molecule has 0 amide bonds. The van der Waals surface area contributed by atoms with E-state index in [0.717, 1.165) is 11.8 Å². The maximum atomic E-state index is 13.2. The van der Waals surface area contributed by atoms with Crippen molar-refractivity contribution in [3.05, 3.63) is 70.8 Å². The minimum atomic E-state index is -4.96. The molecule has 2 N–H and O–H groups in total. The molecule has 3 atom stereocenters. The van der Waals surface area contributed by atoms with E-state index in [0.29, 0.717) is 12.1 Å². The van der Waals surface area contributed by atoms with Gasteiger partial charge in [0.2, 0.25) is 10.0 Å². The number of alkyl halides is 6. The minimum absolute atomic E-state index is 0.0711. The van der Waals surface area contributed by atoms with Gasteiger partial charge >= 0.3 is 12.4 Å². The summed E-state index contributed by atoms with van der Waals surface area (Å²) in [6, 6.07) is 9.77. The normalized spacial score (nSPS) is 22.6. The highest BCUT2D eigenvalue weighted by Gasteiger charge is 2.42. The molecule has 188 valence electrons. The van der Waals surface area contributed by atoms with Crippen LogP contribution in [-0.4, -0.2) is 33.9 Å². The largest absolute Gasteiger partial charge is 0.416 e. The molecule has 3 unspecified atom stereocenters. The third-order valence-electron chi connectivity index (χ3n) is 5.65. The molecule has 12 heteroatoms. The number of benzene rings is 2. The van der Waals surface area contributed by atoms with Gasteiger partial charge in [0.05, 0.1) is 35.6 Å². The summed E-state index contributed by atoms with van der Waals surface area (Å²) in [7, 11) is -3.50. The molecule has 1 aliphatic rings. The van der Waals surface area contributed by atoms with Gasteiger partial charge < -0.3 is 10.1 Å². The fraction of sp³-hybridized carbons (Fsp3) is 0.455. The first-order valence-corrected chi connectivity index (χ1v) is 12.2. The molecular formula is C22H24F6N2O3S. The van der Waals surface area contributed by atoms with Crippen LogP contribution in [-0.2, 0) is 32.7 Å². The van der Waals surface area contributed by atoms with Crippen molar-refractivity contribution in [1.29, 1.82) is 0 Å². The highest BCUT2D eigenvalue weighted by Crippen LogP contribution is 2.39. The number of nitrogens with one attached hydrogen (secondary N) is 2. The minimum Gasteiger partial charge on any atom is -0.372 e. The van der Waals surface area contributed by atoms with Crippen LogP contribution in [0.15, 0.2) is 48.5 Å². The van der Waals surface area contributed by atoms with E-state index in [9.17, 15) is 34.8 Å². The molecule has 0 saturated carbocycles. The molecule has 5 nitrogen and oxygen atoms in total. The molecule has 1 aliphatic heterocycles. The van der Waals surface area contributed by atoms with Gasteiger partial charge in [-0.3, -0.25) is 0 Å². The lowest BCUT2D eigenvalue weighted by Gasteiger charge is -2.32. The lowest BCUT2D eigenvalue weighted by molar-refractivity contribution is -0.143. The van der Waals surface area contributed by atoms with Gasteiger partial charge in [-0.25, -0.2) is 13.1 Å². The first-order valence-electron chi connectivity index (χ1n) is 10.3. The van der Waals surface area contributed by atoms with Crippen molar-refractivity contribution in [1.82, 2.24) is 10.0 Å². The molecule has 0 aromatic heterocycles. The Morgan fingerprint density at radius 3 is 2.12 bits per heavy atom. The highest BCUT2D eigenvalue weighted by molar-refractivity contribution is 7.88. The summed E-state index contributed by atoms with van der Waals surface area (Å²) < 4.78 is 111. The Morgan fingerprint density at radius 1 is 1.06 bits per heavy atom. The predicted molar refractivity (Wildman–Crippen MR) is 113 cm³/mol. The first-order chi connectivity index (χ1) is 15.6. The van der Waals surface area contributed by atoms with E-state index < -0.39 is 51.2 Å². The fourth-order valence-corrected chi connectivity index (χ4v) is 4.79. The van der Waals surface area contributed by atoms with Crippen LogP contribution in [0.3, 0.4) is 0 Å². The van der Waals surface area contributed by atoms with Gasteiger partial charge in [-0.05, 0) is 42.7 Å². The van der Waals surface area contributed by atoms with Crippen LogP contribution in [0.2, 0.25) is 0 Å². The van der Waals surface area contributed by atoms with Crippen molar-refractivity contribution in [3.63, 3.8) is 0 Å². The molecule has 1 fully saturated rings. The zero-order valence-corrected chi connectivity index (χ0v) is 19.1. The summed E-state index contributed by atoms with van der Waals surface area (Å²) in [6.07, 6.45) is -9.72. The van der Waals surface area contributed by atoms with Crippen LogP contribution in [0.4, 0.5) is 26.3 Å². The van der Waals surface area contributed by atoms with Crippen molar-refractivity contribution in [2.24, 2.45) is 0 Å². The Labute approximate surface area is 193 Å². The van der Waals surface area contributed by atoms with Gasteiger partial charge in [0.15, 0.2) is 0 Å². The predicted octanol–water partition coefficient (Wildman–Crippen LogP) is 4.61. The highest BCUT2D eigenvalue weighted by atomic mass is 32.2. The standard InChI is InChI=1S/C22H24F6N2O3S/c1-14(15-8-17(21(23,24)25)10-18(9-15)22(26,27)28)33-13-20(16-6-4-3-5-7-16)11-19(12-29-20)30-34(2,31)32/h3-10,14,19,29-30H,11-13H2,1-2H3. The van der Waals surface area contributed by atoms with Gasteiger partial charge in [0, 0.05) is 12.6 Å². The van der Waals surface area contributed by atoms with E-state index in [4.69, 9.17) is 4.74 Å². The maximum absolute atomic E-state index is 13.2. The van der Waals surface area contributed by atoms with E-state index in [1.807, 2.05) is 0 Å². The van der Waals surface area contributed by atoms with E-state index >= 15 is 0 Å². The summed E-state index contributed by atoms with van der Waals surface area (Å²) in [5, 5.41) is 3.23. The topological polar surface area (TPSA) is 67.4 Å².